The van der Waals surface area contributed by atoms with Crippen molar-refractivity contribution in [1.29, 1.82) is 0 Å². The second-order valence-corrected chi connectivity index (χ2v) is 5.98. The molecule has 0 spiro atoms. The Bertz CT molecular complexity index is 241. The van der Waals surface area contributed by atoms with Crippen LogP contribution in [0.2, 0.25) is 0 Å². The fourth-order valence-electron chi connectivity index (χ4n) is 3.07. The third kappa shape index (κ3) is 4.19. The average Bonchev–Trinajstić information content (AvgIpc) is 2.65. The molecule has 1 N–H and O–H groups in total. The van der Waals surface area contributed by atoms with E-state index in [9.17, 15) is 0 Å². The van der Waals surface area contributed by atoms with E-state index in [1.165, 1.54) is 58.5 Å². The van der Waals surface area contributed by atoms with Crippen molar-refractivity contribution >= 4 is 0 Å². The minimum absolute atomic E-state index is 0.0819. The molecule has 0 aliphatic carbocycles. The van der Waals surface area contributed by atoms with Crippen LogP contribution in [-0.4, -0.2) is 74.9 Å². The number of nitrogens with one attached hydrogen (secondary N) is 1. The quantitative estimate of drug-likeness (QED) is 0.803. The van der Waals surface area contributed by atoms with Crippen LogP contribution in [0.15, 0.2) is 0 Å². The van der Waals surface area contributed by atoms with E-state index in [-0.39, 0.29) is 5.60 Å². The largest absolute Gasteiger partial charge is 0.377 e. The molecular weight excluding hydrogens is 226 g/mol. The highest BCUT2D eigenvalue weighted by Crippen LogP contribution is 2.23. The Morgan fingerprint density at radius 1 is 1.06 bits per heavy atom. The van der Waals surface area contributed by atoms with Crippen LogP contribution >= 0.6 is 0 Å². The SMILES string of the molecule is COC1(C)CCCN(CCN2CCCNCC2)C1. The fourth-order valence-corrected chi connectivity index (χ4v) is 3.07. The average molecular weight is 255 g/mol. The van der Waals surface area contributed by atoms with Gasteiger partial charge >= 0.3 is 0 Å². The number of nitrogens with zero attached hydrogens (tertiary/aromatic N) is 2. The van der Waals surface area contributed by atoms with Gasteiger partial charge in [-0.05, 0) is 45.8 Å². The molecule has 0 radical (unpaired) electrons. The Morgan fingerprint density at radius 2 is 1.83 bits per heavy atom. The lowest BCUT2D eigenvalue weighted by Crippen LogP contribution is -2.49. The van der Waals surface area contributed by atoms with Crippen LogP contribution in [0, 0.1) is 0 Å². The molecule has 2 heterocycles. The van der Waals surface area contributed by atoms with Gasteiger partial charge in [-0.15, -0.1) is 0 Å². The van der Waals surface area contributed by atoms with E-state index in [0.29, 0.717) is 0 Å². The van der Waals surface area contributed by atoms with Crippen LogP contribution in [0.4, 0.5) is 0 Å². The Labute approximate surface area is 112 Å². The standard InChI is InChI=1S/C14H29N3O/c1-14(18-2)5-3-8-17(13-14)12-11-16-9-4-6-15-7-10-16/h15H,3-13H2,1-2H3. The van der Waals surface area contributed by atoms with E-state index >= 15 is 0 Å². The van der Waals surface area contributed by atoms with Gasteiger partial charge in [0.15, 0.2) is 0 Å². The van der Waals surface area contributed by atoms with Gasteiger partial charge in [-0.1, -0.05) is 0 Å². The fraction of sp³-hybridized carbons (Fsp3) is 1.00. The van der Waals surface area contributed by atoms with E-state index in [1.807, 2.05) is 7.11 Å². The molecule has 0 bridgehead atoms. The van der Waals surface area contributed by atoms with Crippen molar-refractivity contribution in [3.63, 3.8) is 0 Å². The first-order valence-corrected chi connectivity index (χ1v) is 7.42. The molecule has 0 aromatic heterocycles. The zero-order valence-corrected chi connectivity index (χ0v) is 12.1. The molecule has 0 amide bonds. The highest BCUT2D eigenvalue weighted by Gasteiger charge is 2.30. The third-order valence-electron chi connectivity index (χ3n) is 4.40. The van der Waals surface area contributed by atoms with Crippen LogP contribution < -0.4 is 5.32 Å². The summed E-state index contributed by atoms with van der Waals surface area (Å²) in [5, 5.41) is 3.46. The highest BCUT2D eigenvalue weighted by atomic mass is 16.5. The second-order valence-electron chi connectivity index (χ2n) is 5.98. The summed E-state index contributed by atoms with van der Waals surface area (Å²) in [5.74, 6) is 0. The van der Waals surface area contributed by atoms with Crippen LogP contribution in [0.1, 0.15) is 26.2 Å². The number of ether oxygens (including phenoxy) is 1. The summed E-state index contributed by atoms with van der Waals surface area (Å²) >= 11 is 0. The molecular formula is C14H29N3O. The highest BCUT2D eigenvalue weighted by molar-refractivity contribution is 4.85. The first-order chi connectivity index (χ1) is 8.72. The summed E-state index contributed by atoms with van der Waals surface area (Å²) in [7, 11) is 1.85. The smallest absolute Gasteiger partial charge is 0.0777 e. The molecule has 2 aliphatic rings. The van der Waals surface area contributed by atoms with Gasteiger partial charge in [0.05, 0.1) is 5.60 Å². The van der Waals surface area contributed by atoms with E-state index < -0.39 is 0 Å². The van der Waals surface area contributed by atoms with Gasteiger partial charge in [0.25, 0.3) is 0 Å². The third-order valence-corrected chi connectivity index (χ3v) is 4.40. The van der Waals surface area contributed by atoms with Crippen LogP contribution in [-0.2, 0) is 4.74 Å². The van der Waals surface area contributed by atoms with Crippen molar-refractivity contribution in [2.24, 2.45) is 0 Å². The number of hydrogen-bond donors (Lipinski definition) is 1. The zero-order valence-electron chi connectivity index (χ0n) is 12.1. The van der Waals surface area contributed by atoms with Gasteiger partial charge in [0.1, 0.15) is 0 Å². The van der Waals surface area contributed by atoms with E-state index in [0.717, 1.165) is 13.1 Å². The molecule has 0 aromatic carbocycles. The first kappa shape index (κ1) is 14.3. The van der Waals surface area contributed by atoms with Gasteiger partial charge in [0, 0.05) is 39.8 Å². The molecule has 0 aromatic rings. The maximum atomic E-state index is 5.66. The normalized spacial score (nSPS) is 32.3. The molecule has 0 saturated carbocycles. The van der Waals surface area contributed by atoms with Crippen LogP contribution in [0.5, 0.6) is 0 Å². The van der Waals surface area contributed by atoms with Crippen LogP contribution in [0.3, 0.4) is 0 Å². The topological polar surface area (TPSA) is 27.7 Å². The Balaban J connectivity index is 1.72. The lowest BCUT2D eigenvalue weighted by molar-refractivity contribution is -0.0518. The predicted molar refractivity (Wildman–Crippen MR) is 75.0 cm³/mol. The van der Waals surface area contributed by atoms with Gasteiger partial charge < -0.3 is 15.0 Å². The molecule has 2 fully saturated rings. The molecule has 106 valence electrons. The molecule has 4 heteroatoms. The number of methoxy groups -OCH3 is 1. The van der Waals surface area contributed by atoms with Crippen molar-refractivity contribution in [3.8, 4) is 0 Å². The van der Waals surface area contributed by atoms with Crippen molar-refractivity contribution in [2.45, 2.75) is 31.8 Å². The number of piperidine rings is 1. The lowest BCUT2D eigenvalue weighted by atomic mass is 9.95. The van der Waals surface area contributed by atoms with Gasteiger partial charge in [-0.25, -0.2) is 0 Å². The Morgan fingerprint density at radius 3 is 2.67 bits per heavy atom. The molecule has 1 atom stereocenters. The first-order valence-electron chi connectivity index (χ1n) is 7.42. The minimum atomic E-state index is 0.0819. The van der Waals surface area contributed by atoms with Gasteiger partial charge in [-0.2, -0.15) is 0 Å². The summed E-state index contributed by atoms with van der Waals surface area (Å²) in [4.78, 5) is 5.17. The summed E-state index contributed by atoms with van der Waals surface area (Å²) in [6.45, 7) is 11.8. The van der Waals surface area contributed by atoms with E-state index in [4.69, 9.17) is 4.74 Å². The van der Waals surface area contributed by atoms with Crippen molar-refractivity contribution < 1.29 is 4.74 Å². The summed E-state index contributed by atoms with van der Waals surface area (Å²) in [5.41, 5.74) is 0.0819. The van der Waals surface area contributed by atoms with Crippen LogP contribution in [0.25, 0.3) is 0 Å². The second kappa shape index (κ2) is 6.85. The molecule has 2 rings (SSSR count). The molecule has 2 aliphatic heterocycles. The van der Waals surface area contributed by atoms with Crippen molar-refractivity contribution in [2.75, 3.05) is 59.5 Å². The van der Waals surface area contributed by atoms with E-state index in [1.54, 1.807) is 0 Å². The Hall–Kier alpha value is -0.160. The zero-order chi connectivity index (χ0) is 12.8. The van der Waals surface area contributed by atoms with Gasteiger partial charge in [-0.3, -0.25) is 4.90 Å². The van der Waals surface area contributed by atoms with Crippen molar-refractivity contribution in [3.05, 3.63) is 0 Å². The number of likely N-dealkylation sites (tertiary alicyclic amines) is 1. The lowest BCUT2D eigenvalue weighted by Gasteiger charge is -2.40. The Kier molecular flexibility index (Phi) is 5.42. The predicted octanol–water partition coefficient (Wildman–Crippen LogP) is 0.783. The van der Waals surface area contributed by atoms with E-state index in [2.05, 4.69) is 22.0 Å². The minimum Gasteiger partial charge on any atom is -0.377 e. The summed E-state index contributed by atoms with van der Waals surface area (Å²) < 4.78 is 5.66. The van der Waals surface area contributed by atoms with Crippen molar-refractivity contribution in [1.82, 2.24) is 15.1 Å². The molecule has 4 nitrogen and oxygen atoms in total. The molecule has 1 unspecified atom stereocenters. The number of rotatable bonds is 4. The molecule has 2 saturated heterocycles. The maximum absolute atomic E-state index is 5.66. The summed E-state index contributed by atoms with van der Waals surface area (Å²) in [6, 6.07) is 0. The van der Waals surface area contributed by atoms with Gasteiger partial charge in [0.2, 0.25) is 0 Å². The molecule has 18 heavy (non-hydrogen) atoms. The summed E-state index contributed by atoms with van der Waals surface area (Å²) in [6.07, 6.45) is 3.76. The monoisotopic (exact) mass is 255 g/mol. The maximum Gasteiger partial charge on any atom is 0.0777 e. The number of hydrogen-bond acceptors (Lipinski definition) is 4.